The van der Waals surface area contributed by atoms with E-state index in [-0.39, 0.29) is 18.0 Å². The lowest BCUT2D eigenvalue weighted by atomic mass is 10.2. The fraction of sp³-hybridized carbons (Fsp3) is 0.0769. The fourth-order valence-electron chi connectivity index (χ4n) is 1.48. The number of aliphatic hydroxyl groups is 1. The molecule has 6 nitrogen and oxygen atoms in total. The molecule has 1 heterocycles. The highest BCUT2D eigenvalue weighted by Gasteiger charge is 2.11. The number of nitrogens with one attached hydrogen (secondary N) is 3. The number of amides is 1. The van der Waals surface area contributed by atoms with Crippen molar-refractivity contribution < 1.29 is 14.3 Å². The van der Waals surface area contributed by atoms with Gasteiger partial charge in [0.05, 0.1) is 5.69 Å². The number of anilines is 1. The Morgan fingerprint density at radius 3 is 2.85 bits per heavy atom. The smallest absolute Gasteiger partial charge is 0.323 e. The van der Waals surface area contributed by atoms with Crippen LogP contribution in [0.1, 0.15) is 16.1 Å². The van der Waals surface area contributed by atoms with E-state index in [9.17, 15) is 14.0 Å². The van der Waals surface area contributed by atoms with Crippen LogP contribution in [0.25, 0.3) is 0 Å². The average Bonchev–Trinajstić information content (AvgIpc) is 2.86. The molecule has 0 saturated carbocycles. The van der Waals surface area contributed by atoms with Crippen molar-refractivity contribution in [2.75, 3.05) is 11.9 Å². The van der Waals surface area contributed by atoms with Crippen molar-refractivity contribution in [3.05, 3.63) is 52.0 Å². The number of carbonyl (C=O) groups excluding carboxylic acids is 1. The first kappa shape index (κ1) is 13.6. The number of rotatable bonds is 2. The molecule has 1 aromatic heterocycles. The van der Waals surface area contributed by atoms with Gasteiger partial charge in [-0.3, -0.25) is 4.79 Å². The Balaban J connectivity index is 2.18. The van der Waals surface area contributed by atoms with Crippen LogP contribution in [0.5, 0.6) is 0 Å². The summed E-state index contributed by atoms with van der Waals surface area (Å²) in [5, 5.41) is 10.9. The molecule has 0 saturated heterocycles. The van der Waals surface area contributed by atoms with Crippen LogP contribution in [0.3, 0.4) is 0 Å². The Bertz CT molecular complexity index is 752. The zero-order valence-electron chi connectivity index (χ0n) is 10.2. The van der Waals surface area contributed by atoms with Gasteiger partial charge in [-0.2, -0.15) is 0 Å². The number of hydrogen-bond acceptors (Lipinski definition) is 3. The summed E-state index contributed by atoms with van der Waals surface area (Å²) < 4.78 is 13.7. The van der Waals surface area contributed by atoms with E-state index in [1.54, 1.807) is 0 Å². The lowest BCUT2D eigenvalue weighted by Crippen LogP contribution is -2.15. The van der Waals surface area contributed by atoms with E-state index in [1.807, 2.05) is 0 Å². The molecule has 2 aromatic rings. The molecular formula is C13H10FN3O3. The second-order valence-corrected chi connectivity index (χ2v) is 3.77. The lowest BCUT2D eigenvalue weighted by molar-refractivity contribution is 0.102. The third-order valence-electron chi connectivity index (χ3n) is 2.37. The number of H-pyrrole nitrogens is 2. The van der Waals surface area contributed by atoms with Crippen molar-refractivity contribution in [2.45, 2.75) is 0 Å². The molecule has 102 valence electrons. The van der Waals surface area contributed by atoms with Crippen LogP contribution in [0.15, 0.2) is 29.2 Å². The molecule has 7 heteroatoms. The van der Waals surface area contributed by atoms with Gasteiger partial charge in [0.2, 0.25) is 0 Å². The van der Waals surface area contributed by atoms with Crippen molar-refractivity contribution in [3.8, 4) is 11.8 Å². The maximum atomic E-state index is 13.7. The van der Waals surface area contributed by atoms with E-state index < -0.39 is 17.4 Å². The van der Waals surface area contributed by atoms with Gasteiger partial charge in [0.1, 0.15) is 18.1 Å². The Kier molecular flexibility index (Phi) is 3.98. The monoisotopic (exact) mass is 275 g/mol. The molecule has 0 aliphatic heterocycles. The third-order valence-corrected chi connectivity index (χ3v) is 2.37. The van der Waals surface area contributed by atoms with Crippen molar-refractivity contribution in [2.24, 2.45) is 0 Å². The van der Waals surface area contributed by atoms with Gasteiger partial charge >= 0.3 is 5.69 Å². The van der Waals surface area contributed by atoms with Crippen LogP contribution in [0, 0.1) is 17.7 Å². The van der Waals surface area contributed by atoms with E-state index in [0.29, 0.717) is 5.56 Å². The number of imidazole rings is 1. The Labute approximate surface area is 112 Å². The quantitative estimate of drug-likeness (QED) is 0.598. The molecule has 0 aliphatic carbocycles. The van der Waals surface area contributed by atoms with Crippen LogP contribution in [-0.2, 0) is 0 Å². The highest BCUT2D eigenvalue weighted by Crippen LogP contribution is 2.15. The van der Waals surface area contributed by atoms with E-state index in [1.165, 1.54) is 18.3 Å². The Morgan fingerprint density at radius 2 is 2.25 bits per heavy atom. The minimum Gasteiger partial charge on any atom is -0.384 e. The molecule has 2 rings (SSSR count). The molecule has 0 aliphatic rings. The highest BCUT2D eigenvalue weighted by molar-refractivity contribution is 6.02. The minimum atomic E-state index is -0.666. The Hall–Kier alpha value is -2.85. The molecule has 0 unspecified atom stereocenters. The predicted molar refractivity (Wildman–Crippen MR) is 69.7 cm³/mol. The standard InChI is InChI=1S/C13H10FN3O3/c14-9-6-8(2-1-5-18)3-4-10(9)16-12(19)11-7-15-13(20)17-11/h3-4,6-7,18H,5H2,(H,16,19)(H2,15,17,20). The third kappa shape index (κ3) is 3.13. The van der Waals surface area contributed by atoms with Gasteiger partial charge in [0.15, 0.2) is 0 Å². The normalized spacial score (nSPS) is 9.70. The van der Waals surface area contributed by atoms with Gasteiger partial charge in [0, 0.05) is 11.8 Å². The number of benzene rings is 1. The first-order chi connectivity index (χ1) is 9.60. The number of hydrogen-bond donors (Lipinski definition) is 4. The molecule has 0 bridgehead atoms. The molecule has 0 spiro atoms. The summed E-state index contributed by atoms with van der Waals surface area (Å²) in [5.74, 6) is 3.63. The van der Waals surface area contributed by atoms with Crippen molar-refractivity contribution in [1.29, 1.82) is 0 Å². The summed E-state index contributed by atoms with van der Waals surface area (Å²) in [7, 11) is 0. The van der Waals surface area contributed by atoms with Crippen LogP contribution in [0.2, 0.25) is 0 Å². The first-order valence-corrected chi connectivity index (χ1v) is 5.58. The minimum absolute atomic E-state index is 0.00134. The van der Waals surface area contributed by atoms with Crippen LogP contribution < -0.4 is 11.0 Å². The predicted octanol–water partition coefficient (Wildman–Crippen LogP) is 0.438. The van der Waals surface area contributed by atoms with Gasteiger partial charge in [0.25, 0.3) is 5.91 Å². The average molecular weight is 275 g/mol. The number of halogens is 1. The SMILES string of the molecule is O=C(Nc1ccc(C#CCO)cc1F)c1c[nH]c(=O)[nH]1. The largest absolute Gasteiger partial charge is 0.384 e. The zero-order valence-corrected chi connectivity index (χ0v) is 10.2. The molecule has 4 N–H and O–H groups in total. The molecule has 1 aromatic carbocycles. The molecule has 1 amide bonds. The van der Waals surface area contributed by atoms with Crippen molar-refractivity contribution in [1.82, 2.24) is 9.97 Å². The second kappa shape index (κ2) is 5.86. The van der Waals surface area contributed by atoms with Gasteiger partial charge in [-0.15, -0.1) is 0 Å². The number of aliphatic hydroxyl groups excluding tert-OH is 1. The number of aromatic nitrogens is 2. The van der Waals surface area contributed by atoms with Crippen molar-refractivity contribution >= 4 is 11.6 Å². The van der Waals surface area contributed by atoms with Gasteiger partial charge in [-0.25, -0.2) is 9.18 Å². The van der Waals surface area contributed by atoms with E-state index >= 15 is 0 Å². The Morgan fingerprint density at radius 1 is 1.45 bits per heavy atom. The highest BCUT2D eigenvalue weighted by atomic mass is 19.1. The van der Waals surface area contributed by atoms with Crippen LogP contribution >= 0.6 is 0 Å². The lowest BCUT2D eigenvalue weighted by Gasteiger charge is -2.05. The summed E-state index contributed by atoms with van der Waals surface area (Å²) >= 11 is 0. The van der Waals surface area contributed by atoms with E-state index in [0.717, 1.165) is 6.07 Å². The maximum Gasteiger partial charge on any atom is 0.323 e. The summed E-state index contributed by atoms with van der Waals surface area (Å²) in [5.41, 5.74) is -0.181. The summed E-state index contributed by atoms with van der Waals surface area (Å²) in [6.07, 6.45) is 1.19. The topological polar surface area (TPSA) is 98.0 Å². The molecule has 20 heavy (non-hydrogen) atoms. The number of carbonyl (C=O) groups is 1. The molecule has 0 atom stereocenters. The molecular weight excluding hydrogens is 265 g/mol. The summed E-state index contributed by atoms with van der Waals surface area (Å²) in [6, 6.07) is 3.98. The zero-order chi connectivity index (χ0) is 14.5. The summed E-state index contributed by atoms with van der Waals surface area (Å²) in [4.78, 5) is 27.1. The summed E-state index contributed by atoms with van der Waals surface area (Å²) in [6.45, 7) is -0.318. The molecule has 0 fully saturated rings. The van der Waals surface area contributed by atoms with Gasteiger partial charge in [-0.05, 0) is 18.2 Å². The fourth-order valence-corrected chi connectivity index (χ4v) is 1.48. The second-order valence-electron chi connectivity index (χ2n) is 3.77. The van der Waals surface area contributed by atoms with E-state index in [2.05, 4.69) is 27.1 Å². The molecule has 0 radical (unpaired) electrons. The van der Waals surface area contributed by atoms with Gasteiger partial charge < -0.3 is 20.4 Å². The maximum absolute atomic E-state index is 13.7. The van der Waals surface area contributed by atoms with Crippen LogP contribution in [0.4, 0.5) is 10.1 Å². The first-order valence-electron chi connectivity index (χ1n) is 5.58. The number of aromatic amines is 2. The van der Waals surface area contributed by atoms with Crippen molar-refractivity contribution in [3.63, 3.8) is 0 Å². The van der Waals surface area contributed by atoms with Crippen LogP contribution in [-0.4, -0.2) is 27.6 Å². The van der Waals surface area contributed by atoms with Gasteiger partial charge in [-0.1, -0.05) is 11.8 Å². The van der Waals surface area contributed by atoms with E-state index in [4.69, 9.17) is 5.11 Å².